The summed E-state index contributed by atoms with van der Waals surface area (Å²) in [7, 11) is 0. The molecule has 0 atom stereocenters. The Morgan fingerprint density at radius 1 is 1.53 bits per heavy atom. The number of nitrogens with two attached hydrogens (primary N) is 1. The number of hydrogen-bond acceptors (Lipinski definition) is 4. The molecule has 0 saturated heterocycles. The Labute approximate surface area is 101 Å². The van der Waals surface area contributed by atoms with Gasteiger partial charge in [-0.1, -0.05) is 12.1 Å². The van der Waals surface area contributed by atoms with Crippen LogP contribution < -0.4 is 11.1 Å². The van der Waals surface area contributed by atoms with Crippen LogP contribution in [0.4, 0.5) is 0 Å². The van der Waals surface area contributed by atoms with Crippen molar-refractivity contribution < 1.29 is 14.7 Å². The summed E-state index contributed by atoms with van der Waals surface area (Å²) in [5, 5.41) is 14.3. The van der Waals surface area contributed by atoms with Gasteiger partial charge in [0.1, 0.15) is 5.41 Å². The highest BCUT2D eigenvalue weighted by Crippen LogP contribution is 2.45. The molecule has 0 aromatic carbocycles. The van der Waals surface area contributed by atoms with E-state index in [1.807, 2.05) is 0 Å². The van der Waals surface area contributed by atoms with E-state index in [0.717, 1.165) is 19.4 Å². The van der Waals surface area contributed by atoms with Gasteiger partial charge in [-0.05, 0) is 25.7 Å². The second-order valence-electron chi connectivity index (χ2n) is 4.29. The van der Waals surface area contributed by atoms with E-state index in [4.69, 9.17) is 15.7 Å². The zero-order valence-corrected chi connectivity index (χ0v) is 10.2. The minimum Gasteiger partial charge on any atom is -0.409 e. The zero-order chi connectivity index (χ0) is 12.7. The molecule has 1 amide bonds. The van der Waals surface area contributed by atoms with Crippen molar-refractivity contribution in [1.29, 1.82) is 0 Å². The van der Waals surface area contributed by atoms with Gasteiger partial charge in [-0.2, -0.15) is 0 Å². The molecule has 0 aromatic rings. The summed E-state index contributed by atoms with van der Waals surface area (Å²) in [4.78, 5) is 11.8. The maximum atomic E-state index is 11.8. The Morgan fingerprint density at radius 3 is 2.76 bits per heavy atom. The summed E-state index contributed by atoms with van der Waals surface area (Å²) in [6.45, 7) is 4.01. The van der Waals surface area contributed by atoms with Crippen LogP contribution in [0.5, 0.6) is 0 Å². The average Bonchev–Trinajstić information content (AvgIpc) is 3.13. The Hall–Kier alpha value is -1.30. The number of oxime groups is 1. The van der Waals surface area contributed by atoms with E-state index in [2.05, 4.69) is 17.4 Å². The van der Waals surface area contributed by atoms with Crippen LogP contribution in [0.2, 0.25) is 0 Å². The highest BCUT2D eigenvalue weighted by Gasteiger charge is 2.53. The molecule has 6 heteroatoms. The van der Waals surface area contributed by atoms with Crippen LogP contribution in [0.3, 0.4) is 0 Å². The SMILES string of the molecule is CCCOCCCNC(=O)C1(C(N)=NO)CC1. The smallest absolute Gasteiger partial charge is 0.233 e. The van der Waals surface area contributed by atoms with Gasteiger partial charge in [-0.25, -0.2) is 0 Å². The lowest BCUT2D eigenvalue weighted by molar-refractivity contribution is -0.124. The van der Waals surface area contributed by atoms with Crippen molar-refractivity contribution >= 4 is 11.7 Å². The number of rotatable bonds is 8. The molecule has 0 heterocycles. The molecule has 4 N–H and O–H groups in total. The standard InChI is InChI=1S/C11H21N3O3/c1-2-7-17-8-3-6-13-10(15)11(4-5-11)9(12)14-16/h16H,2-8H2,1H3,(H2,12,14)(H,13,15). The van der Waals surface area contributed by atoms with Crippen LogP contribution in [-0.2, 0) is 9.53 Å². The predicted octanol–water partition coefficient (Wildman–Crippen LogP) is 0.446. The van der Waals surface area contributed by atoms with Crippen LogP contribution in [0.15, 0.2) is 5.16 Å². The number of nitrogens with zero attached hydrogens (tertiary/aromatic N) is 1. The van der Waals surface area contributed by atoms with Crippen LogP contribution >= 0.6 is 0 Å². The van der Waals surface area contributed by atoms with Gasteiger partial charge in [0.25, 0.3) is 0 Å². The lowest BCUT2D eigenvalue weighted by atomic mass is 10.1. The Kier molecular flexibility index (Phi) is 5.21. The highest BCUT2D eigenvalue weighted by atomic mass is 16.5. The molecule has 1 saturated carbocycles. The minimum atomic E-state index is -0.751. The van der Waals surface area contributed by atoms with E-state index in [0.29, 0.717) is 26.0 Å². The first-order valence-electron chi connectivity index (χ1n) is 6.01. The first-order chi connectivity index (χ1) is 8.17. The van der Waals surface area contributed by atoms with E-state index in [1.165, 1.54) is 0 Å². The summed E-state index contributed by atoms with van der Waals surface area (Å²) in [6.07, 6.45) is 3.08. The fourth-order valence-corrected chi connectivity index (χ4v) is 1.61. The highest BCUT2D eigenvalue weighted by molar-refractivity contribution is 6.09. The first-order valence-corrected chi connectivity index (χ1v) is 6.01. The van der Waals surface area contributed by atoms with Crippen molar-refractivity contribution in [2.75, 3.05) is 19.8 Å². The third-order valence-electron chi connectivity index (χ3n) is 2.88. The van der Waals surface area contributed by atoms with Gasteiger partial charge in [-0.3, -0.25) is 4.79 Å². The zero-order valence-electron chi connectivity index (χ0n) is 10.2. The number of nitrogens with one attached hydrogen (secondary N) is 1. The van der Waals surface area contributed by atoms with E-state index in [-0.39, 0.29) is 11.7 Å². The van der Waals surface area contributed by atoms with E-state index < -0.39 is 5.41 Å². The molecule has 1 aliphatic rings. The molecule has 0 unspecified atom stereocenters. The topological polar surface area (TPSA) is 96.9 Å². The lowest BCUT2D eigenvalue weighted by Crippen LogP contribution is -2.41. The molecular formula is C11H21N3O3. The molecule has 0 aromatic heterocycles. The van der Waals surface area contributed by atoms with Gasteiger partial charge in [0.15, 0.2) is 5.84 Å². The molecule has 17 heavy (non-hydrogen) atoms. The molecule has 1 fully saturated rings. The minimum absolute atomic E-state index is 0.0113. The maximum absolute atomic E-state index is 11.8. The molecule has 98 valence electrons. The molecule has 0 bridgehead atoms. The first kappa shape index (κ1) is 13.8. The monoisotopic (exact) mass is 243 g/mol. The Bertz CT molecular complexity index is 288. The number of carbonyl (C=O) groups is 1. The van der Waals surface area contributed by atoms with Crippen molar-refractivity contribution in [1.82, 2.24) is 5.32 Å². The summed E-state index contributed by atoms with van der Waals surface area (Å²) in [5.41, 5.74) is 4.75. The van der Waals surface area contributed by atoms with Gasteiger partial charge >= 0.3 is 0 Å². The van der Waals surface area contributed by atoms with Crippen LogP contribution in [0.25, 0.3) is 0 Å². The number of amidine groups is 1. The molecule has 1 rings (SSSR count). The largest absolute Gasteiger partial charge is 0.409 e. The van der Waals surface area contributed by atoms with Gasteiger partial charge in [0, 0.05) is 19.8 Å². The van der Waals surface area contributed by atoms with Crippen LogP contribution in [0, 0.1) is 5.41 Å². The number of carbonyl (C=O) groups excluding carboxylic acids is 1. The number of amides is 1. The fourth-order valence-electron chi connectivity index (χ4n) is 1.61. The maximum Gasteiger partial charge on any atom is 0.233 e. The summed E-state index contributed by atoms with van der Waals surface area (Å²) < 4.78 is 5.29. The summed E-state index contributed by atoms with van der Waals surface area (Å²) >= 11 is 0. The quantitative estimate of drug-likeness (QED) is 0.189. The lowest BCUT2D eigenvalue weighted by Gasteiger charge is -2.13. The third kappa shape index (κ3) is 3.59. The number of ether oxygens (including phenoxy) is 1. The number of hydrogen-bond donors (Lipinski definition) is 3. The second-order valence-corrected chi connectivity index (χ2v) is 4.29. The van der Waals surface area contributed by atoms with E-state index >= 15 is 0 Å². The van der Waals surface area contributed by atoms with Crippen LogP contribution in [-0.4, -0.2) is 36.7 Å². The summed E-state index contributed by atoms with van der Waals surface area (Å²) in [6, 6.07) is 0. The van der Waals surface area contributed by atoms with E-state index in [1.54, 1.807) is 0 Å². The van der Waals surface area contributed by atoms with Crippen molar-refractivity contribution in [3.05, 3.63) is 0 Å². The summed E-state index contributed by atoms with van der Waals surface area (Å²) in [5.74, 6) is -0.138. The Morgan fingerprint density at radius 2 is 2.24 bits per heavy atom. The van der Waals surface area contributed by atoms with Gasteiger partial charge in [-0.15, -0.1) is 0 Å². The predicted molar refractivity (Wildman–Crippen MR) is 63.8 cm³/mol. The Balaban J connectivity index is 2.18. The van der Waals surface area contributed by atoms with Crippen molar-refractivity contribution in [3.63, 3.8) is 0 Å². The van der Waals surface area contributed by atoms with Gasteiger partial charge < -0.3 is 21.0 Å². The molecule has 0 spiro atoms. The van der Waals surface area contributed by atoms with Crippen molar-refractivity contribution in [2.45, 2.75) is 32.6 Å². The molecular weight excluding hydrogens is 222 g/mol. The van der Waals surface area contributed by atoms with Crippen molar-refractivity contribution in [3.8, 4) is 0 Å². The average molecular weight is 243 g/mol. The second kappa shape index (κ2) is 6.44. The van der Waals surface area contributed by atoms with Crippen molar-refractivity contribution in [2.24, 2.45) is 16.3 Å². The van der Waals surface area contributed by atoms with Gasteiger partial charge in [0.2, 0.25) is 5.91 Å². The van der Waals surface area contributed by atoms with E-state index in [9.17, 15) is 4.79 Å². The molecule has 0 radical (unpaired) electrons. The fraction of sp³-hybridized carbons (Fsp3) is 0.818. The normalized spacial score (nSPS) is 17.8. The molecule has 1 aliphatic carbocycles. The van der Waals surface area contributed by atoms with Crippen LogP contribution in [0.1, 0.15) is 32.6 Å². The van der Waals surface area contributed by atoms with Gasteiger partial charge in [0.05, 0.1) is 0 Å². The third-order valence-corrected chi connectivity index (χ3v) is 2.88. The molecule has 6 nitrogen and oxygen atoms in total. The molecule has 0 aliphatic heterocycles.